The van der Waals surface area contributed by atoms with Crippen molar-refractivity contribution in [2.24, 2.45) is 5.11 Å². The van der Waals surface area contributed by atoms with E-state index in [1.165, 1.54) is 0 Å². The predicted octanol–water partition coefficient (Wildman–Crippen LogP) is 1.91. The molecule has 0 saturated heterocycles. The molecule has 0 aromatic rings. The van der Waals surface area contributed by atoms with E-state index in [0.717, 1.165) is 11.8 Å². The lowest BCUT2D eigenvalue weighted by Crippen LogP contribution is -2.25. The lowest BCUT2D eigenvalue weighted by Gasteiger charge is -2.19. The molecule has 18 heavy (non-hydrogen) atoms. The fourth-order valence-electron chi connectivity index (χ4n) is 0.858. The zero-order chi connectivity index (χ0) is 14.0. The maximum Gasteiger partial charge on any atom is 0.316 e. The zero-order valence-electron chi connectivity index (χ0n) is 10.7. The monoisotopic (exact) mass is 275 g/mol. The van der Waals surface area contributed by atoms with Crippen molar-refractivity contribution in [1.82, 2.24) is 0 Å². The van der Waals surface area contributed by atoms with Crippen LogP contribution in [0.3, 0.4) is 0 Å². The summed E-state index contributed by atoms with van der Waals surface area (Å²) in [7, 11) is 0. The minimum atomic E-state index is -0.549. The molecule has 0 spiro atoms. The molecule has 0 atom stereocenters. The van der Waals surface area contributed by atoms with Crippen LogP contribution >= 0.6 is 11.8 Å². The van der Waals surface area contributed by atoms with Crippen LogP contribution in [0.5, 0.6) is 0 Å². The molecule has 0 fully saturated rings. The second-order valence-electron chi connectivity index (χ2n) is 4.25. The zero-order valence-corrected chi connectivity index (χ0v) is 11.5. The maximum absolute atomic E-state index is 11.3. The molecule has 0 N–H and O–H groups in total. The summed E-state index contributed by atoms with van der Waals surface area (Å²) in [4.78, 5) is 25.1. The summed E-state index contributed by atoms with van der Waals surface area (Å²) >= 11 is 0.847. The number of carbonyl (C=O) groups excluding carboxylic acids is 2. The van der Waals surface area contributed by atoms with E-state index in [9.17, 15) is 9.59 Å². The van der Waals surface area contributed by atoms with E-state index in [1.807, 2.05) is 0 Å². The summed E-state index contributed by atoms with van der Waals surface area (Å²) in [5.41, 5.74) is 7.44. The normalized spacial score (nSPS) is 10.6. The Bertz CT molecular complexity index is 335. The Morgan fingerprint density at radius 2 is 2.06 bits per heavy atom. The minimum Gasteiger partial charge on any atom is -0.459 e. The van der Waals surface area contributed by atoms with Crippen molar-refractivity contribution in [2.75, 3.05) is 25.5 Å². The molecule has 0 aliphatic rings. The van der Waals surface area contributed by atoms with E-state index in [0.29, 0.717) is 0 Å². The molecule has 0 heterocycles. The van der Waals surface area contributed by atoms with Gasteiger partial charge in [0.1, 0.15) is 12.2 Å². The van der Waals surface area contributed by atoms with Crippen molar-refractivity contribution in [3.8, 4) is 0 Å². The van der Waals surface area contributed by atoms with Crippen LogP contribution in [0.4, 0.5) is 0 Å². The van der Waals surface area contributed by atoms with Crippen molar-refractivity contribution >= 4 is 22.8 Å². The summed E-state index contributed by atoms with van der Waals surface area (Å²) in [6.45, 7) is 5.53. The summed E-state index contributed by atoms with van der Waals surface area (Å²) in [6, 6.07) is 0. The summed E-state index contributed by atoms with van der Waals surface area (Å²) < 4.78 is 9.98. The number of esters is 1. The maximum atomic E-state index is 11.3. The fourth-order valence-corrected chi connectivity index (χ4v) is 1.36. The molecule has 0 aliphatic heterocycles. The van der Waals surface area contributed by atoms with Crippen LogP contribution in [0.25, 0.3) is 10.4 Å². The first-order valence-electron chi connectivity index (χ1n) is 5.31. The van der Waals surface area contributed by atoms with Crippen LogP contribution in [0.1, 0.15) is 20.8 Å². The quantitative estimate of drug-likeness (QED) is 0.232. The Hall–Kier alpha value is -1.24. The highest BCUT2D eigenvalue weighted by Crippen LogP contribution is 2.10. The first-order valence-corrected chi connectivity index (χ1v) is 6.30. The van der Waals surface area contributed by atoms with Crippen molar-refractivity contribution in [2.45, 2.75) is 26.4 Å². The van der Waals surface area contributed by atoms with Crippen LogP contribution in [-0.4, -0.2) is 42.2 Å². The number of thioether (sulfide) groups is 1. The Morgan fingerprint density at radius 3 is 2.61 bits per heavy atom. The van der Waals surface area contributed by atoms with Crippen LogP contribution < -0.4 is 0 Å². The van der Waals surface area contributed by atoms with E-state index in [-0.39, 0.29) is 30.6 Å². The molecule has 0 rings (SSSR count). The highest BCUT2D eigenvalue weighted by atomic mass is 32.2. The van der Waals surface area contributed by atoms with E-state index in [4.69, 9.17) is 15.0 Å². The van der Waals surface area contributed by atoms with Gasteiger partial charge in [0, 0.05) is 11.5 Å². The first-order chi connectivity index (χ1) is 8.35. The predicted molar refractivity (Wildman–Crippen MR) is 68.1 cm³/mol. The van der Waals surface area contributed by atoms with Crippen molar-refractivity contribution in [3.63, 3.8) is 0 Å². The number of ether oxygens (including phenoxy) is 2. The third kappa shape index (κ3) is 11.3. The third-order valence-corrected chi connectivity index (χ3v) is 2.21. The lowest BCUT2D eigenvalue weighted by molar-refractivity contribution is -0.151. The molecule has 0 amide bonds. The largest absolute Gasteiger partial charge is 0.459 e. The Kier molecular flexibility index (Phi) is 8.19. The Morgan fingerprint density at radius 1 is 1.39 bits per heavy atom. The smallest absolute Gasteiger partial charge is 0.316 e. The van der Waals surface area contributed by atoms with Crippen LogP contribution in [0.2, 0.25) is 0 Å². The number of rotatable bonds is 7. The molecule has 0 radical (unpaired) electrons. The van der Waals surface area contributed by atoms with Crippen molar-refractivity contribution in [1.29, 1.82) is 0 Å². The van der Waals surface area contributed by atoms with E-state index in [1.54, 1.807) is 20.8 Å². The molecule has 0 aromatic carbocycles. The van der Waals surface area contributed by atoms with Gasteiger partial charge in [-0.3, -0.25) is 9.59 Å². The molecule has 0 unspecified atom stereocenters. The summed E-state index contributed by atoms with van der Waals surface area (Å²) in [5, 5.41) is 2.98. The van der Waals surface area contributed by atoms with Crippen LogP contribution in [0, 0.1) is 0 Å². The number of azide groups is 1. The molecule has 7 nitrogen and oxygen atoms in total. The van der Waals surface area contributed by atoms with E-state index < -0.39 is 11.6 Å². The summed E-state index contributed by atoms with van der Waals surface area (Å²) in [6.07, 6.45) is 0. The highest BCUT2D eigenvalue weighted by Gasteiger charge is 2.17. The molecule has 0 bridgehead atoms. The average Bonchev–Trinajstić information content (AvgIpc) is 2.24. The number of nitrogens with zero attached hydrogens (tertiary/aromatic N) is 3. The minimum absolute atomic E-state index is 0.0319. The Balaban J connectivity index is 3.64. The van der Waals surface area contributed by atoms with Gasteiger partial charge in [0.05, 0.1) is 12.4 Å². The van der Waals surface area contributed by atoms with Crippen LogP contribution in [-0.2, 0) is 19.1 Å². The fraction of sp³-hybridized carbons (Fsp3) is 0.800. The van der Waals surface area contributed by atoms with E-state index >= 15 is 0 Å². The lowest BCUT2D eigenvalue weighted by atomic mass is 10.2. The Labute approximate surface area is 110 Å². The molecule has 0 aromatic heterocycles. The van der Waals surface area contributed by atoms with Gasteiger partial charge >= 0.3 is 5.97 Å². The van der Waals surface area contributed by atoms with Crippen molar-refractivity contribution < 1.29 is 19.1 Å². The highest BCUT2D eigenvalue weighted by molar-refractivity contribution is 8.14. The molecule has 0 aliphatic carbocycles. The van der Waals surface area contributed by atoms with Gasteiger partial charge in [0.15, 0.2) is 0 Å². The van der Waals surface area contributed by atoms with Gasteiger partial charge in [-0.2, -0.15) is 0 Å². The van der Waals surface area contributed by atoms with Gasteiger partial charge in [-0.05, 0) is 26.3 Å². The third-order valence-electron chi connectivity index (χ3n) is 1.39. The van der Waals surface area contributed by atoms with Gasteiger partial charge in [0.2, 0.25) is 5.12 Å². The van der Waals surface area contributed by atoms with Gasteiger partial charge in [-0.25, -0.2) is 0 Å². The first kappa shape index (κ1) is 16.8. The molecule has 102 valence electrons. The number of carbonyl (C=O) groups is 2. The second-order valence-corrected chi connectivity index (χ2v) is 5.29. The van der Waals surface area contributed by atoms with Gasteiger partial charge in [0.25, 0.3) is 0 Å². The molecular weight excluding hydrogens is 258 g/mol. The number of hydrogen-bond donors (Lipinski definition) is 0. The van der Waals surface area contributed by atoms with E-state index in [2.05, 4.69) is 10.0 Å². The van der Waals surface area contributed by atoms with Gasteiger partial charge in [-0.1, -0.05) is 16.9 Å². The topological polar surface area (TPSA) is 101 Å². The SMILES string of the molecule is CC(C)(C)OC(=O)CSC(=O)COCCN=[N+]=[N-]. The second kappa shape index (κ2) is 8.79. The van der Waals surface area contributed by atoms with Crippen LogP contribution in [0.15, 0.2) is 5.11 Å². The average molecular weight is 275 g/mol. The van der Waals surface area contributed by atoms with Gasteiger partial charge < -0.3 is 9.47 Å². The summed E-state index contributed by atoms with van der Waals surface area (Å²) in [5.74, 6) is -0.467. The molecule has 8 heteroatoms. The van der Waals surface area contributed by atoms with Gasteiger partial charge in [-0.15, -0.1) is 0 Å². The molecular formula is C10H17N3O4S. The number of hydrogen-bond acceptors (Lipinski definition) is 6. The standard InChI is InChI=1S/C10H17N3O4S/c1-10(2,3)17-8(14)7-18-9(15)6-16-5-4-12-13-11/h4-7H2,1-3H3. The van der Waals surface area contributed by atoms with Crippen molar-refractivity contribution in [3.05, 3.63) is 10.4 Å². The molecule has 0 saturated carbocycles.